The lowest BCUT2D eigenvalue weighted by Crippen LogP contribution is -2.61. The van der Waals surface area contributed by atoms with Crippen LogP contribution in [0.4, 0.5) is 4.79 Å². The average molecular weight is 232 g/mol. The third-order valence-corrected chi connectivity index (χ3v) is 2.95. The van der Waals surface area contributed by atoms with Gasteiger partial charge in [0.2, 0.25) is 0 Å². The van der Waals surface area contributed by atoms with Gasteiger partial charge in [0.15, 0.2) is 18.5 Å². The second kappa shape index (κ2) is 3.87. The van der Waals surface area contributed by atoms with E-state index in [0.29, 0.717) is 0 Å². The number of carbonyl (C=O) groups is 1. The largest absolute Gasteiger partial charge is 0.509 e. The predicted molar refractivity (Wildman–Crippen MR) is 51.9 cm³/mol. The van der Waals surface area contributed by atoms with Crippen LogP contribution in [0.2, 0.25) is 0 Å². The highest BCUT2D eigenvalue weighted by Crippen LogP contribution is 2.37. The Labute approximate surface area is 93.7 Å². The molecule has 0 aromatic carbocycles. The van der Waals surface area contributed by atoms with Gasteiger partial charge in [0.25, 0.3) is 0 Å². The van der Waals surface area contributed by atoms with E-state index in [1.165, 1.54) is 7.11 Å². The van der Waals surface area contributed by atoms with Gasteiger partial charge >= 0.3 is 6.16 Å². The molecule has 2 rings (SSSR count). The van der Waals surface area contributed by atoms with Gasteiger partial charge in [-0.1, -0.05) is 0 Å². The predicted octanol–water partition coefficient (Wildman–Crippen LogP) is 0.687. The summed E-state index contributed by atoms with van der Waals surface area (Å²) in [4.78, 5) is 11.1. The van der Waals surface area contributed by atoms with E-state index in [0.717, 1.165) is 0 Å². The first-order valence-electron chi connectivity index (χ1n) is 5.10. The van der Waals surface area contributed by atoms with Gasteiger partial charge in [-0.25, -0.2) is 4.79 Å². The highest BCUT2D eigenvalue weighted by Gasteiger charge is 2.58. The molecule has 6 nitrogen and oxygen atoms in total. The Morgan fingerprint density at radius 1 is 1.12 bits per heavy atom. The van der Waals surface area contributed by atoms with Crippen LogP contribution in [0, 0.1) is 0 Å². The topological polar surface area (TPSA) is 63.2 Å². The molecule has 0 N–H and O–H groups in total. The fraction of sp³-hybridized carbons (Fsp3) is 0.900. The number of rotatable bonds is 2. The van der Waals surface area contributed by atoms with Crippen LogP contribution in [0.1, 0.15) is 13.8 Å². The second-order valence-electron chi connectivity index (χ2n) is 4.40. The van der Waals surface area contributed by atoms with Crippen molar-refractivity contribution in [2.45, 2.75) is 44.1 Å². The molecule has 0 radical (unpaired) electrons. The molecule has 16 heavy (non-hydrogen) atoms. The number of hydrogen-bond acceptors (Lipinski definition) is 6. The molecule has 0 amide bonds. The van der Waals surface area contributed by atoms with E-state index in [1.807, 2.05) is 13.8 Å². The van der Waals surface area contributed by atoms with E-state index in [4.69, 9.17) is 23.7 Å². The van der Waals surface area contributed by atoms with Gasteiger partial charge in [0.1, 0.15) is 6.10 Å². The summed E-state index contributed by atoms with van der Waals surface area (Å²) in [7, 11) is 3.04. The molecule has 0 aliphatic carbocycles. The van der Waals surface area contributed by atoms with Gasteiger partial charge in [-0.3, -0.25) is 0 Å². The van der Waals surface area contributed by atoms with E-state index in [-0.39, 0.29) is 6.10 Å². The summed E-state index contributed by atoms with van der Waals surface area (Å²) in [5.74, 6) is 0. The van der Waals surface area contributed by atoms with Gasteiger partial charge in [-0.15, -0.1) is 0 Å². The Hall–Kier alpha value is -0.850. The molecular formula is C10H16O6. The molecule has 2 aliphatic rings. The molecule has 6 heteroatoms. The lowest BCUT2D eigenvalue weighted by atomic mass is 9.90. The van der Waals surface area contributed by atoms with Crippen molar-refractivity contribution in [1.82, 2.24) is 0 Å². The van der Waals surface area contributed by atoms with Crippen molar-refractivity contribution in [3.05, 3.63) is 0 Å². The quantitative estimate of drug-likeness (QED) is 0.652. The number of fused-ring (bicyclic) bond motifs is 1. The molecule has 0 aromatic heterocycles. The average Bonchev–Trinajstić information content (AvgIpc) is 2.57. The van der Waals surface area contributed by atoms with Gasteiger partial charge in [0.05, 0.1) is 5.60 Å². The molecule has 2 fully saturated rings. The zero-order valence-electron chi connectivity index (χ0n) is 9.76. The molecule has 2 aliphatic heterocycles. The highest BCUT2D eigenvalue weighted by atomic mass is 16.8. The normalized spacial score (nSPS) is 41.1. The number of methoxy groups -OCH3 is 2. The Balaban J connectivity index is 2.26. The Kier molecular flexibility index (Phi) is 2.81. The van der Waals surface area contributed by atoms with Crippen LogP contribution in [-0.2, 0) is 23.7 Å². The summed E-state index contributed by atoms with van der Waals surface area (Å²) in [5, 5.41) is 0. The van der Waals surface area contributed by atoms with Crippen LogP contribution < -0.4 is 0 Å². The SMILES string of the molecule is COC1OC(C)(C)[C@H](OC)C2OC(=O)O[C@H]12. The molecule has 92 valence electrons. The molecule has 2 saturated heterocycles. The molecule has 4 atom stereocenters. The van der Waals surface area contributed by atoms with Crippen LogP contribution in [0.25, 0.3) is 0 Å². The van der Waals surface area contributed by atoms with Crippen LogP contribution >= 0.6 is 0 Å². The molecule has 2 unspecified atom stereocenters. The lowest BCUT2D eigenvalue weighted by molar-refractivity contribution is -0.299. The minimum atomic E-state index is -0.708. The summed E-state index contributed by atoms with van der Waals surface area (Å²) in [6.45, 7) is 3.71. The first-order chi connectivity index (χ1) is 7.49. The minimum absolute atomic E-state index is 0.379. The van der Waals surface area contributed by atoms with E-state index >= 15 is 0 Å². The second-order valence-corrected chi connectivity index (χ2v) is 4.40. The summed E-state index contributed by atoms with van der Waals surface area (Å²) in [5.41, 5.74) is -0.607. The third-order valence-electron chi connectivity index (χ3n) is 2.95. The highest BCUT2D eigenvalue weighted by molar-refractivity contribution is 5.63. The molecule has 0 saturated carbocycles. The lowest BCUT2D eigenvalue weighted by Gasteiger charge is -2.44. The van der Waals surface area contributed by atoms with Crippen molar-refractivity contribution < 1.29 is 28.5 Å². The van der Waals surface area contributed by atoms with E-state index < -0.39 is 30.3 Å². The molecule has 0 spiro atoms. The van der Waals surface area contributed by atoms with E-state index in [2.05, 4.69) is 0 Å². The number of hydrogen-bond donors (Lipinski definition) is 0. The molecule has 0 aromatic rings. The maximum Gasteiger partial charge on any atom is 0.509 e. The maximum absolute atomic E-state index is 11.1. The summed E-state index contributed by atoms with van der Waals surface area (Å²) in [6.07, 6.45) is -2.78. The van der Waals surface area contributed by atoms with Crippen LogP contribution in [0.15, 0.2) is 0 Å². The summed E-state index contributed by atoms with van der Waals surface area (Å²) in [6, 6.07) is 0. The zero-order valence-corrected chi connectivity index (χ0v) is 9.76. The zero-order chi connectivity index (χ0) is 11.9. The van der Waals surface area contributed by atoms with Crippen LogP contribution in [-0.4, -0.2) is 50.6 Å². The Morgan fingerprint density at radius 2 is 1.75 bits per heavy atom. The van der Waals surface area contributed by atoms with Crippen molar-refractivity contribution in [3.63, 3.8) is 0 Å². The first kappa shape index (κ1) is 11.6. The smallest absolute Gasteiger partial charge is 0.424 e. The van der Waals surface area contributed by atoms with Gasteiger partial charge in [-0.2, -0.15) is 0 Å². The Bertz CT molecular complexity index is 289. The summed E-state index contributed by atoms with van der Waals surface area (Å²) < 4.78 is 26.2. The number of ether oxygens (including phenoxy) is 5. The van der Waals surface area contributed by atoms with Gasteiger partial charge in [0, 0.05) is 14.2 Å². The van der Waals surface area contributed by atoms with E-state index in [1.54, 1.807) is 7.11 Å². The standard InChI is InChI=1S/C10H16O6/c1-10(2)7(12-3)5-6(8(13-4)16-10)15-9(11)14-5/h5-8H,1-4H3/t5?,6-,7+,8?/m0/s1. The van der Waals surface area contributed by atoms with Crippen LogP contribution in [0.5, 0.6) is 0 Å². The van der Waals surface area contributed by atoms with Gasteiger partial charge < -0.3 is 23.7 Å². The maximum atomic E-state index is 11.1. The fourth-order valence-corrected chi connectivity index (χ4v) is 2.26. The van der Waals surface area contributed by atoms with Gasteiger partial charge in [-0.05, 0) is 13.8 Å². The van der Waals surface area contributed by atoms with Crippen molar-refractivity contribution in [3.8, 4) is 0 Å². The summed E-state index contributed by atoms with van der Waals surface area (Å²) >= 11 is 0. The molecule has 2 heterocycles. The van der Waals surface area contributed by atoms with Crippen molar-refractivity contribution in [2.75, 3.05) is 14.2 Å². The molecular weight excluding hydrogens is 216 g/mol. The third kappa shape index (κ3) is 1.66. The molecule has 0 bridgehead atoms. The van der Waals surface area contributed by atoms with Crippen molar-refractivity contribution in [2.24, 2.45) is 0 Å². The van der Waals surface area contributed by atoms with Crippen molar-refractivity contribution in [1.29, 1.82) is 0 Å². The first-order valence-corrected chi connectivity index (χ1v) is 5.10. The van der Waals surface area contributed by atoms with E-state index in [9.17, 15) is 4.79 Å². The minimum Gasteiger partial charge on any atom is -0.424 e. The number of carbonyl (C=O) groups excluding carboxylic acids is 1. The Morgan fingerprint density at radius 3 is 2.31 bits per heavy atom. The monoisotopic (exact) mass is 232 g/mol. The fourth-order valence-electron chi connectivity index (χ4n) is 2.26. The van der Waals surface area contributed by atoms with Crippen LogP contribution in [0.3, 0.4) is 0 Å². The van der Waals surface area contributed by atoms with Crippen molar-refractivity contribution >= 4 is 6.16 Å².